The van der Waals surface area contributed by atoms with Crippen molar-refractivity contribution in [2.45, 2.75) is 0 Å². The molecule has 4 rings (SSSR count). The first-order valence-corrected chi connectivity index (χ1v) is 6.82. The predicted molar refractivity (Wildman–Crippen MR) is 81.5 cm³/mol. The molecule has 0 atom stereocenters. The van der Waals surface area contributed by atoms with E-state index in [4.69, 9.17) is 0 Å². The van der Waals surface area contributed by atoms with Gasteiger partial charge in [-0.15, -0.1) is 0 Å². The molecule has 1 heterocycles. The molecule has 2 amide bonds. The Kier molecular flexibility index (Phi) is 2.60. The van der Waals surface area contributed by atoms with Crippen molar-refractivity contribution >= 4 is 28.3 Å². The second-order valence-corrected chi connectivity index (χ2v) is 5.17. The standard InChI is InChI=1S/C18H10FNO2/c19-13-6-3-7-14(10-13)20-17(21)15-8-11-4-1-2-5-12(11)9-16(15)18(20)22/h1-10H. The average molecular weight is 291 g/mol. The number of fused-ring (bicyclic) bond motifs is 2. The van der Waals surface area contributed by atoms with Crippen molar-refractivity contribution in [3.05, 3.63) is 77.6 Å². The van der Waals surface area contributed by atoms with Gasteiger partial charge in [0.2, 0.25) is 0 Å². The van der Waals surface area contributed by atoms with Gasteiger partial charge in [-0.05, 0) is 41.1 Å². The zero-order valence-electron chi connectivity index (χ0n) is 11.4. The number of anilines is 1. The number of amides is 2. The summed E-state index contributed by atoms with van der Waals surface area (Å²) in [7, 11) is 0. The third-order valence-corrected chi connectivity index (χ3v) is 3.82. The molecule has 4 heteroatoms. The Morgan fingerprint density at radius 2 is 1.32 bits per heavy atom. The first-order chi connectivity index (χ1) is 10.6. The van der Waals surface area contributed by atoms with Crippen molar-refractivity contribution in [2.75, 3.05) is 4.90 Å². The van der Waals surface area contributed by atoms with Gasteiger partial charge in [0.1, 0.15) is 5.82 Å². The minimum Gasteiger partial charge on any atom is -0.268 e. The third kappa shape index (κ3) is 1.74. The van der Waals surface area contributed by atoms with Crippen LogP contribution < -0.4 is 4.90 Å². The lowest BCUT2D eigenvalue weighted by Gasteiger charge is -2.13. The Balaban J connectivity index is 1.90. The lowest BCUT2D eigenvalue weighted by molar-refractivity contribution is 0.0926. The van der Waals surface area contributed by atoms with E-state index in [0.717, 1.165) is 15.7 Å². The van der Waals surface area contributed by atoms with Crippen LogP contribution in [0.2, 0.25) is 0 Å². The minimum atomic E-state index is -0.487. The van der Waals surface area contributed by atoms with Crippen LogP contribution in [-0.4, -0.2) is 11.8 Å². The highest BCUT2D eigenvalue weighted by molar-refractivity contribution is 6.35. The van der Waals surface area contributed by atoms with Crippen LogP contribution in [0.5, 0.6) is 0 Å². The van der Waals surface area contributed by atoms with Crippen LogP contribution in [0.15, 0.2) is 60.7 Å². The van der Waals surface area contributed by atoms with Gasteiger partial charge in [-0.3, -0.25) is 9.59 Å². The lowest BCUT2D eigenvalue weighted by Crippen LogP contribution is -2.29. The van der Waals surface area contributed by atoms with Crippen molar-refractivity contribution in [2.24, 2.45) is 0 Å². The SMILES string of the molecule is O=C1c2cc3ccccc3cc2C(=O)N1c1cccc(F)c1. The van der Waals surface area contributed by atoms with Crippen molar-refractivity contribution in [3.63, 3.8) is 0 Å². The molecule has 0 fully saturated rings. The van der Waals surface area contributed by atoms with Crippen LogP contribution >= 0.6 is 0 Å². The molecule has 0 spiro atoms. The smallest absolute Gasteiger partial charge is 0.266 e. The number of hydrogen-bond donors (Lipinski definition) is 0. The van der Waals surface area contributed by atoms with E-state index in [1.165, 1.54) is 18.2 Å². The van der Waals surface area contributed by atoms with Gasteiger partial charge in [0.25, 0.3) is 11.8 Å². The molecular weight excluding hydrogens is 281 g/mol. The summed E-state index contributed by atoms with van der Waals surface area (Å²) in [4.78, 5) is 26.1. The fraction of sp³-hybridized carbons (Fsp3) is 0. The second-order valence-electron chi connectivity index (χ2n) is 5.17. The number of hydrogen-bond acceptors (Lipinski definition) is 2. The summed E-state index contributed by atoms with van der Waals surface area (Å²) in [5.74, 6) is -1.33. The summed E-state index contributed by atoms with van der Waals surface area (Å²) in [6.07, 6.45) is 0. The number of imide groups is 1. The number of carbonyl (C=O) groups is 2. The molecule has 0 aromatic heterocycles. The molecule has 0 aliphatic carbocycles. The predicted octanol–water partition coefficient (Wildman–Crippen LogP) is 3.78. The average Bonchev–Trinajstić information content (AvgIpc) is 2.76. The molecule has 106 valence electrons. The topological polar surface area (TPSA) is 37.4 Å². The van der Waals surface area contributed by atoms with Crippen molar-refractivity contribution in [3.8, 4) is 0 Å². The molecule has 0 saturated carbocycles. The molecule has 0 N–H and O–H groups in total. The first-order valence-electron chi connectivity index (χ1n) is 6.82. The Bertz CT molecular complexity index is 894. The van der Waals surface area contributed by atoms with E-state index in [1.807, 2.05) is 24.3 Å². The summed E-state index contributed by atoms with van der Waals surface area (Å²) in [6, 6.07) is 16.4. The fourth-order valence-corrected chi connectivity index (χ4v) is 2.78. The van der Waals surface area contributed by atoms with E-state index in [0.29, 0.717) is 11.1 Å². The molecule has 0 bridgehead atoms. The summed E-state index contributed by atoms with van der Waals surface area (Å²) in [5, 5.41) is 1.78. The van der Waals surface area contributed by atoms with E-state index in [1.54, 1.807) is 18.2 Å². The molecular formula is C18H10FNO2. The Morgan fingerprint density at radius 1 is 0.727 bits per heavy atom. The van der Waals surface area contributed by atoms with Crippen LogP contribution in [-0.2, 0) is 0 Å². The van der Waals surface area contributed by atoms with Gasteiger partial charge in [0, 0.05) is 0 Å². The lowest BCUT2D eigenvalue weighted by atomic mass is 10.0. The molecule has 3 aromatic carbocycles. The number of halogens is 1. The van der Waals surface area contributed by atoms with E-state index in [-0.39, 0.29) is 5.69 Å². The minimum absolute atomic E-state index is 0.246. The number of nitrogens with zero attached hydrogens (tertiary/aromatic N) is 1. The highest BCUT2D eigenvalue weighted by Crippen LogP contribution is 2.31. The molecule has 3 aromatic rings. The third-order valence-electron chi connectivity index (χ3n) is 3.82. The van der Waals surface area contributed by atoms with E-state index in [2.05, 4.69) is 0 Å². The summed E-state index contributed by atoms with van der Waals surface area (Å²) < 4.78 is 13.4. The van der Waals surface area contributed by atoms with Gasteiger partial charge >= 0.3 is 0 Å². The number of benzene rings is 3. The zero-order valence-corrected chi connectivity index (χ0v) is 11.4. The summed E-state index contributed by atoms with van der Waals surface area (Å²) in [6.45, 7) is 0. The van der Waals surface area contributed by atoms with Gasteiger partial charge in [-0.1, -0.05) is 30.3 Å². The van der Waals surface area contributed by atoms with Crippen LogP contribution in [0.1, 0.15) is 20.7 Å². The fourth-order valence-electron chi connectivity index (χ4n) is 2.78. The van der Waals surface area contributed by atoms with E-state index >= 15 is 0 Å². The maximum atomic E-state index is 13.4. The van der Waals surface area contributed by atoms with Gasteiger partial charge < -0.3 is 0 Å². The van der Waals surface area contributed by atoms with Gasteiger partial charge in [-0.2, -0.15) is 0 Å². The van der Waals surface area contributed by atoms with Gasteiger partial charge in [0.05, 0.1) is 16.8 Å². The highest BCUT2D eigenvalue weighted by atomic mass is 19.1. The van der Waals surface area contributed by atoms with Crippen molar-refractivity contribution in [1.29, 1.82) is 0 Å². The maximum Gasteiger partial charge on any atom is 0.266 e. The molecule has 3 nitrogen and oxygen atoms in total. The molecule has 0 radical (unpaired) electrons. The van der Waals surface area contributed by atoms with Crippen LogP contribution in [0.3, 0.4) is 0 Å². The van der Waals surface area contributed by atoms with E-state index < -0.39 is 17.6 Å². The normalized spacial score (nSPS) is 13.8. The first kappa shape index (κ1) is 12.7. The van der Waals surface area contributed by atoms with E-state index in [9.17, 15) is 14.0 Å². The maximum absolute atomic E-state index is 13.4. The summed E-state index contributed by atoms with van der Waals surface area (Å²) >= 11 is 0. The molecule has 1 aliphatic rings. The van der Waals surface area contributed by atoms with Gasteiger partial charge in [-0.25, -0.2) is 9.29 Å². The zero-order chi connectivity index (χ0) is 15.3. The summed E-state index contributed by atoms with van der Waals surface area (Å²) in [5.41, 5.74) is 0.955. The van der Waals surface area contributed by atoms with Crippen LogP contribution in [0.4, 0.5) is 10.1 Å². The number of carbonyl (C=O) groups excluding carboxylic acids is 2. The Labute approximate surface area is 125 Å². The second kappa shape index (κ2) is 4.49. The van der Waals surface area contributed by atoms with Crippen molar-refractivity contribution in [1.82, 2.24) is 0 Å². The largest absolute Gasteiger partial charge is 0.268 e. The Morgan fingerprint density at radius 3 is 1.86 bits per heavy atom. The molecule has 22 heavy (non-hydrogen) atoms. The number of rotatable bonds is 1. The molecule has 1 aliphatic heterocycles. The highest BCUT2D eigenvalue weighted by Gasteiger charge is 2.37. The quantitative estimate of drug-likeness (QED) is 0.640. The molecule has 0 saturated heterocycles. The Hall–Kier alpha value is -3.01. The molecule has 0 unspecified atom stereocenters. The van der Waals surface area contributed by atoms with Crippen LogP contribution in [0, 0.1) is 5.82 Å². The van der Waals surface area contributed by atoms with Crippen molar-refractivity contribution < 1.29 is 14.0 Å². The van der Waals surface area contributed by atoms with Gasteiger partial charge in [0.15, 0.2) is 0 Å². The monoisotopic (exact) mass is 291 g/mol. The van der Waals surface area contributed by atoms with Crippen LogP contribution in [0.25, 0.3) is 10.8 Å².